The summed E-state index contributed by atoms with van der Waals surface area (Å²) in [5.41, 5.74) is 5.02. The van der Waals surface area contributed by atoms with Crippen molar-refractivity contribution >= 4 is 52.3 Å². The quantitative estimate of drug-likeness (QED) is 0.242. The van der Waals surface area contributed by atoms with E-state index in [0.29, 0.717) is 28.9 Å². The van der Waals surface area contributed by atoms with E-state index in [1.54, 1.807) is 32.4 Å². The second kappa shape index (κ2) is 12.8. The van der Waals surface area contributed by atoms with E-state index in [9.17, 15) is 5.21 Å². The lowest BCUT2D eigenvalue weighted by Crippen LogP contribution is -2.27. The van der Waals surface area contributed by atoms with Crippen molar-refractivity contribution in [2.45, 2.75) is 6.92 Å². The number of ether oxygens (including phenoxy) is 1. The predicted molar refractivity (Wildman–Crippen MR) is 126 cm³/mol. The van der Waals surface area contributed by atoms with Gasteiger partial charge in [0.25, 0.3) is 0 Å². The Morgan fingerprint density at radius 2 is 1.83 bits per heavy atom. The molecule has 7 nitrogen and oxygen atoms in total. The number of benzene rings is 2. The molecule has 0 amide bonds. The number of nitrogens with zero attached hydrogens (tertiary/aromatic N) is 4. The number of hydrogen-bond acceptors (Lipinski definition) is 6. The van der Waals surface area contributed by atoms with E-state index >= 15 is 0 Å². The highest BCUT2D eigenvalue weighted by Gasteiger charge is 2.05. The third-order valence-corrected chi connectivity index (χ3v) is 4.46. The zero-order valence-corrected chi connectivity index (χ0v) is 18.4. The molecule has 0 unspecified atom stereocenters. The smallest absolute Gasteiger partial charge is 0.173 e. The number of rotatable bonds is 10. The summed E-state index contributed by atoms with van der Waals surface area (Å²) in [6, 6.07) is 15.0. The van der Waals surface area contributed by atoms with Gasteiger partial charge in [-0.05, 0) is 36.8 Å². The van der Waals surface area contributed by atoms with Crippen LogP contribution in [-0.4, -0.2) is 54.9 Å². The van der Waals surface area contributed by atoms with E-state index in [2.05, 4.69) is 25.6 Å². The van der Waals surface area contributed by atoms with Gasteiger partial charge in [-0.15, -0.1) is 23.2 Å². The molecule has 30 heavy (non-hydrogen) atoms. The maximum atomic E-state index is 9.40. The molecule has 0 fully saturated rings. The molecule has 160 valence electrons. The highest BCUT2D eigenvalue weighted by atomic mass is 35.5. The van der Waals surface area contributed by atoms with E-state index in [1.165, 1.54) is 0 Å². The summed E-state index contributed by atoms with van der Waals surface area (Å²) in [5, 5.41) is 17.6. The fourth-order valence-corrected chi connectivity index (χ4v) is 2.98. The highest BCUT2D eigenvalue weighted by Crippen LogP contribution is 2.19. The van der Waals surface area contributed by atoms with Gasteiger partial charge in [-0.1, -0.05) is 18.2 Å². The first-order valence-electron chi connectivity index (χ1n) is 9.29. The first-order chi connectivity index (χ1) is 14.6. The van der Waals surface area contributed by atoms with Crippen LogP contribution in [0, 0.1) is 0 Å². The summed E-state index contributed by atoms with van der Waals surface area (Å²) >= 11 is 11.7. The van der Waals surface area contributed by atoms with Gasteiger partial charge in [-0.25, -0.2) is 4.99 Å². The Morgan fingerprint density at radius 3 is 2.43 bits per heavy atom. The number of nitrogens with one attached hydrogen (secondary N) is 1. The van der Waals surface area contributed by atoms with Gasteiger partial charge in [0, 0.05) is 36.6 Å². The van der Waals surface area contributed by atoms with Crippen LogP contribution >= 0.6 is 23.2 Å². The van der Waals surface area contributed by atoms with Gasteiger partial charge >= 0.3 is 0 Å². The van der Waals surface area contributed by atoms with Crippen molar-refractivity contribution in [3.8, 4) is 5.75 Å². The lowest BCUT2D eigenvalue weighted by Gasteiger charge is -2.22. The molecule has 0 saturated carbocycles. The molecule has 2 aromatic rings. The van der Waals surface area contributed by atoms with Crippen molar-refractivity contribution in [3.63, 3.8) is 0 Å². The maximum absolute atomic E-state index is 9.40. The number of amidine groups is 1. The molecule has 0 radical (unpaired) electrons. The molecule has 0 atom stereocenters. The second-order valence-electron chi connectivity index (χ2n) is 6.16. The van der Waals surface area contributed by atoms with Crippen LogP contribution in [0.2, 0.25) is 0 Å². The lowest BCUT2D eigenvalue weighted by atomic mass is 10.2. The minimum absolute atomic E-state index is 0.188. The topological polar surface area (TPSA) is 81.8 Å². The molecule has 0 spiro atoms. The number of anilines is 1. The Balaban J connectivity index is 2.09. The molecule has 0 aliphatic heterocycles. The monoisotopic (exact) mass is 449 g/mol. The lowest BCUT2D eigenvalue weighted by molar-refractivity contribution is 0.236. The standard InChI is InChI=1S/C21H25Cl2N5O2/c1-16(21(27-29)25-18-4-3-5-20(14-18)30-2)26-24-15-17-6-8-19(9-7-17)28(12-10-22)13-11-23/h3-9,14-15,29H,10-13H2,1-2H3,(H,25,27). The third kappa shape index (κ3) is 7.33. The van der Waals surface area contributed by atoms with Crippen molar-refractivity contribution < 1.29 is 9.94 Å². The zero-order valence-electron chi connectivity index (χ0n) is 16.9. The average molecular weight is 450 g/mol. The second-order valence-corrected chi connectivity index (χ2v) is 6.92. The van der Waals surface area contributed by atoms with Crippen LogP contribution in [0.15, 0.2) is 63.7 Å². The van der Waals surface area contributed by atoms with Crippen molar-refractivity contribution in [1.29, 1.82) is 0 Å². The van der Waals surface area contributed by atoms with Crippen molar-refractivity contribution in [2.75, 3.05) is 36.9 Å². The molecule has 0 saturated heterocycles. The van der Waals surface area contributed by atoms with Gasteiger partial charge in [0.05, 0.1) is 19.0 Å². The summed E-state index contributed by atoms with van der Waals surface area (Å²) in [6.45, 7) is 3.16. The Bertz CT molecular complexity index is 879. The SMILES string of the molecule is COc1cccc(N=C(NO)C(C)=NN=Cc2ccc(N(CCCl)CCCl)cc2)c1. The van der Waals surface area contributed by atoms with Crippen molar-refractivity contribution in [3.05, 3.63) is 54.1 Å². The first kappa shape index (κ1) is 23.7. The summed E-state index contributed by atoms with van der Waals surface area (Å²) in [6.07, 6.45) is 1.63. The number of alkyl halides is 2. The Hall–Kier alpha value is -2.61. The minimum atomic E-state index is 0.188. The van der Waals surface area contributed by atoms with Gasteiger partial charge in [0.15, 0.2) is 5.84 Å². The van der Waals surface area contributed by atoms with Gasteiger partial charge in [0.1, 0.15) is 11.5 Å². The number of halogens is 2. The van der Waals surface area contributed by atoms with Crippen LogP contribution in [0.5, 0.6) is 5.75 Å². The fraction of sp³-hybridized carbons (Fsp3) is 0.286. The molecule has 0 aromatic heterocycles. The van der Waals surface area contributed by atoms with Crippen molar-refractivity contribution in [1.82, 2.24) is 5.48 Å². The Kier molecular flexibility index (Phi) is 10.1. The summed E-state index contributed by atoms with van der Waals surface area (Å²) < 4.78 is 5.17. The van der Waals surface area contributed by atoms with E-state index < -0.39 is 0 Å². The van der Waals surface area contributed by atoms with Gasteiger partial charge < -0.3 is 9.64 Å². The van der Waals surface area contributed by atoms with E-state index in [1.807, 2.05) is 36.4 Å². The summed E-state index contributed by atoms with van der Waals surface area (Å²) in [7, 11) is 1.58. The molecule has 9 heteroatoms. The normalized spacial score (nSPS) is 12.3. The third-order valence-electron chi connectivity index (χ3n) is 4.12. The number of hydrogen-bond donors (Lipinski definition) is 2. The van der Waals surface area contributed by atoms with Gasteiger partial charge in [-0.2, -0.15) is 10.2 Å². The van der Waals surface area contributed by atoms with Gasteiger partial charge in [-0.3, -0.25) is 10.7 Å². The average Bonchev–Trinajstić information content (AvgIpc) is 2.78. The van der Waals surface area contributed by atoms with Crippen LogP contribution in [0.3, 0.4) is 0 Å². The van der Waals surface area contributed by atoms with Crippen LogP contribution in [0.25, 0.3) is 0 Å². The Morgan fingerprint density at radius 1 is 1.13 bits per heavy atom. The Labute approximate surface area is 186 Å². The van der Waals surface area contributed by atoms with Gasteiger partial charge in [0.2, 0.25) is 0 Å². The predicted octanol–water partition coefficient (Wildman–Crippen LogP) is 4.48. The molecular weight excluding hydrogens is 425 g/mol. The van der Waals surface area contributed by atoms with E-state index in [4.69, 9.17) is 27.9 Å². The van der Waals surface area contributed by atoms with Crippen molar-refractivity contribution in [2.24, 2.45) is 15.2 Å². The molecule has 0 aliphatic rings. The molecular formula is C21H25Cl2N5O2. The number of methoxy groups -OCH3 is 1. The minimum Gasteiger partial charge on any atom is -0.497 e. The molecule has 0 aliphatic carbocycles. The maximum Gasteiger partial charge on any atom is 0.173 e. The summed E-state index contributed by atoms with van der Waals surface area (Å²) in [5.74, 6) is 1.92. The molecule has 0 heterocycles. The van der Waals surface area contributed by atoms with Crippen LogP contribution in [0.1, 0.15) is 12.5 Å². The fourth-order valence-electron chi connectivity index (χ4n) is 2.57. The number of aliphatic imine (C=N–C) groups is 1. The molecule has 2 aromatic carbocycles. The van der Waals surface area contributed by atoms with Crippen LogP contribution in [-0.2, 0) is 0 Å². The largest absolute Gasteiger partial charge is 0.497 e. The van der Waals surface area contributed by atoms with Crippen LogP contribution < -0.4 is 15.1 Å². The highest BCUT2D eigenvalue weighted by molar-refractivity contribution is 6.40. The summed E-state index contributed by atoms with van der Waals surface area (Å²) in [4.78, 5) is 6.44. The number of hydroxylamine groups is 1. The molecule has 2 N–H and O–H groups in total. The van der Waals surface area contributed by atoms with E-state index in [-0.39, 0.29) is 5.84 Å². The molecule has 0 bridgehead atoms. The first-order valence-corrected chi connectivity index (χ1v) is 10.4. The molecule has 2 rings (SSSR count). The van der Waals surface area contributed by atoms with E-state index in [0.717, 1.165) is 24.3 Å². The van der Waals surface area contributed by atoms with Crippen LogP contribution in [0.4, 0.5) is 11.4 Å². The zero-order chi connectivity index (χ0) is 21.8.